The summed E-state index contributed by atoms with van der Waals surface area (Å²) in [5.74, 6) is 0.177. The molecule has 0 heterocycles. The summed E-state index contributed by atoms with van der Waals surface area (Å²) in [7, 11) is 0. The fraction of sp³-hybridized carbons (Fsp3) is 0.310. The van der Waals surface area contributed by atoms with Gasteiger partial charge in [-0.1, -0.05) is 78.3 Å². The van der Waals surface area contributed by atoms with Crippen LogP contribution in [0.5, 0.6) is 5.75 Å². The van der Waals surface area contributed by atoms with Crippen LogP contribution in [-0.2, 0) is 29.0 Å². The standard InChI is InChI=1S/C29H32Br2N2O3/c1-3-16-32-29(35)26(18-22-8-6-5-7-9-22)33(19-23-10-13-24(30)14-11-23)28(34)20-36-27-15-12-21(4-2)17-25(27)31/h5-15,17,26H,3-4,16,18-20H2,1-2H3,(H,32,35)/t26-/m1/s1. The summed E-state index contributed by atoms with van der Waals surface area (Å²) in [6, 6.07) is 22.7. The molecule has 3 aromatic carbocycles. The predicted molar refractivity (Wildman–Crippen MR) is 151 cm³/mol. The highest BCUT2D eigenvalue weighted by Gasteiger charge is 2.30. The first-order valence-corrected chi connectivity index (χ1v) is 13.8. The molecule has 0 saturated heterocycles. The fourth-order valence-corrected chi connectivity index (χ4v) is 4.62. The second-order valence-electron chi connectivity index (χ2n) is 8.55. The molecule has 36 heavy (non-hydrogen) atoms. The van der Waals surface area contributed by atoms with Crippen LogP contribution in [0.2, 0.25) is 0 Å². The lowest BCUT2D eigenvalue weighted by Gasteiger charge is -2.31. The Kier molecular flexibility index (Phi) is 11.0. The minimum absolute atomic E-state index is 0.167. The number of carbonyl (C=O) groups is 2. The third kappa shape index (κ3) is 8.20. The first-order valence-electron chi connectivity index (χ1n) is 12.2. The van der Waals surface area contributed by atoms with E-state index in [1.54, 1.807) is 4.90 Å². The average Bonchev–Trinajstić information content (AvgIpc) is 2.90. The smallest absolute Gasteiger partial charge is 0.261 e. The van der Waals surface area contributed by atoms with Gasteiger partial charge in [0.25, 0.3) is 5.91 Å². The van der Waals surface area contributed by atoms with Crippen molar-refractivity contribution < 1.29 is 14.3 Å². The lowest BCUT2D eigenvalue weighted by molar-refractivity contribution is -0.142. The Hall–Kier alpha value is -2.64. The highest BCUT2D eigenvalue weighted by molar-refractivity contribution is 9.10. The van der Waals surface area contributed by atoms with Crippen LogP contribution in [0.1, 0.15) is 37.0 Å². The lowest BCUT2D eigenvalue weighted by atomic mass is 10.0. The second-order valence-corrected chi connectivity index (χ2v) is 10.3. The molecule has 1 atom stereocenters. The van der Waals surface area contributed by atoms with Crippen molar-refractivity contribution >= 4 is 43.7 Å². The number of hydrogen-bond acceptors (Lipinski definition) is 3. The lowest BCUT2D eigenvalue weighted by Crippen LogP contribution is -2.51. The molecule has 0 radical (unpaired) electrons. The van der Waals surface area contributed by atoms with E-state index in [1.807, 2.05) is 79.7 Å². The number of nitrogens with one attached hydrogen (secondary N) is 1. The molecular formula is C29H32Br2N2O3. The first-order chi connectivity index (χ1) is 17.4. The number of ether oxygens (including phenoxy) is 1. The number of rotatable bonds is 12. The Labute approximate surface area is 230 Å². The molecule has 0 bridgehead atoms. The van der Waals surface area contributed by atoms with Crippen LogP contribution in [0.3, 0.4) is 0 Å². The maximum Gasteiger partial charge on any atom is 0.261 e. The van der Waals surface area contributed by atoms with E-state index in [0.29, 0.717) is 25.3 Å². The van der Waals surface area contributed by atoms with E-state index in [0.717, 1.165) is 32.9 Å². The van der Waals surface area contributed by atoms with Crippen LogP contribution >= 0.6 is 31.9 Å². The molecule has 7 heteroatoms. The van der Waals surface area contributed by atoms with Gasteiger partial charge in [-0.2, -0.15) is 0 Å². The van der Waals surface area contributed by atoms with Gasteiger partial charge in [-0.05, 0) is 69.7 Å². The zero-order valence-corrected chi connectivity index (χ0v) is 23.8. The molecular weight excluding hydrogens is 584 g/mol. The van der Waals surface area contributed by atoms with Gasteiger partial charge >= 0.3 is 0 Å². The Morgan fingerprint density at radius 1 is 0.917 bits per heavy atom. The Morgan fingerprint density at radius 3 is 2.25 bits per heavy atom. The molecule has 3 rings (SSSR count). The number of carbonyl (C=O) groups excluding carboxylic acids is 2. The summed E-state index contributed by atoms with van der Waals surface area (Å²) in [6.07, 6.45) is 2.13. The van der Waals surface area contributed by atoms with Crippen LogP contribution in [0, 0.1) is 0 Å². The van der Waals surface area contributed by atoms with Crippen LogP contribution in [0.25, 0.3) is 0 Å². The molecule has 3 aromatic rings. The van der Waals surface area contributed by atoms with E-state index in [4.69, 9.17) is 4.74 Å². The molecule has 0 aromatic heterocycles. The van der Waals surface area contributed by atoms with Crippen LogP contribution in [0.4, 0.5) is 0 Å². The van der Waals surface area contributed by atoms with Gasteiger partial charge in [-0.15, -0.1) is 0 Å². The minimum atomic E-state index is -0.676. The zero-order chi connectivity index (χ0) is 25.9. The quantitative estimate of drug-likeness (QED) is 0.259. The van der Waals surface area contributed by atoms with Crippen molar-refractivity contribution in [1.29, 1.82) is 0 Å². The van der Waals surface area contributed by atoms with Gasteiger partial charge in [-0.25, -0.2) is 0 Å². The molecule has 2 amide bonds. The van der Waals surface area contributed by atoms with Crippen molar-refractivity contribution in [3.05, 3.63) is 98.4 Å². The van der Waals surface area contributed by atoms with Crippen molar-refractivity contribution in [3.63, 3.8) is 0 Å². The molecule has 0 aliphatic carbocycles. The Bertz CT molecular complexity index is 1140. The van der Waals surface area contributed by atoms with Crippen LogP contribution < -0.4 is 10.1 Å². The highest BCUT2D eigenvalue weighted by Crippen LogP contribution is 2.26. The normalized spacial score (nSPS) is 11.6. The Morgan fingerprint density at radius 2 is 1.61 bits per heavy atom. The molecule has 1 N–H and O–H groups in total. The summed E-state index contributed by atoms with van der Waals surface area (Å²) in [6.45, 7) is 4.77. The van der Waals surface area contributed by atoms with E-state index in [9.17, 15) is 9.59 Å². The monoisotopic (exact) mass is 614 g/mol. The fourth-order valence-electron chi connectivity index (χ4n) is 3.81. The summed E-state index contributed by atoms with van der Waals surface area (Å²) >= 11 is 7.01. The average molecular weight is 616 g/mol. The van der Waals surface area contributed by atoms with E-state index < -0.39 is 6.04 Å². The number of aryl methyl sites for hydroxylation is 1. The molecule has 0 spiro atoms. The van der Waals surface area contributed by atoms with Crippen molar-refractivity contribution in [2.24, 2.45) is 0 Å². The Balaban J connectivity index is 1.88. The van der Waals surface area contributed by atoms with Gasteiger partial charge in [0.05, 0.1) is 4.47 Å². The molecule has 0 saturated carbocycles. The number of benzene rings is 3. The molecule has 190 valence electrons. The third-order valence-corrected chi connectivity index (χ3v) is 6.99. The van der Waals surface area contributed by atoms with Crippen molar-refractivity contribution in [2.45, 2.75) is 45.7 Å². The molecule has 0 aliphatic heterocycles. The number of halogens is 2. The SMILES string of the molecule is CCCNC(=O)[C@@H](Cc1ccccc1)N(Cc1ccc(Br)cc1)C(=O)COc1ccc(CC)cc1Br. The maximum absolute atomic E-state index is 13.6. The van der Waals surface area contributed by atoms with Crippen LogP contribution in [-0.4, -0.2) is 35.9 Å². The summed E-state index contributed by atoms with van der Waals surface area (Å²) < 4.78 is 7.67. The van der Waals surface area contributed by atoms with E-state index in [2.05, 4.69) is 44.1 Å². The topological polar surface area (TPSA) is 58.6 Å². The van der Waals surface area contributed by atoms with Crippen molar-refractivity contribution in [2.75, 3.05) is 13.2 Å². The van der Waals surface area contributed by atoms with E-state index in [-0.39, 0.29) is 18.4 Å². The number of amides is 2. The van der Waals surface area contributed by atoms with Crippen LogP contribution in [0.15, 0.2) is 81.7 Å². The van der Waals surface area contributed by atoms with Crippen molar-refractivity contribution in [3.8, 4) is 5.75 Å². The zero-order valence-electron chi connectivity index (χ0n) is 20.7. The second kappa shape index (κ2) is 14.2. The summed E-state index contributed by atoms with van der Waals surface area (Å²) in [4.78, 5) is 28.6. The molecule has 0 fully saturated rings. The van der Waals surface area contributed by atoms with Gasteiger partial charge in [-0.3, -0.25) is 9.59 Å². The third-order valence-electron chi connectivity index (χ3n) is 5.84. The van der Waals surface area contributed by atoms with E-state index in [1.165, 1.54) is 5.56 Å². The first kappa shape index (κ1) is 27.9. The molecule has 0 unspecified atom stereocenters. The van der Waals surface area contributed by atoms with Gasteiger partial charge < -0.3 is 15.0 Å². The van der Waals surface area contributed by atoms with Gasteiger partial charge in [0.1, 0.15) is 11.8 Å². The number of hydrogen-bond donors (Lipinski definition) is 1. The highest BCUT2D eigenvalue weighted by atomic mass is 79.9. The summed E-state index contributed by atoms with van der Waals surface area (Å²) in [5.41, 5.74) is 3.09. The van der Waals surface area contributed by atoms with Gasteiger partial charge in [0.2, 0.25) is 5.91 Å². The maximum atomic E-state index is 13.6. The molecule has 0 aliphatic rings. The predicted octanol–water partition coefficient (Wildman–Crippen LogP) is 6.32. The van der Waals surface area contributed by atoms with Crippen molar-refractivity contribution in [1.82, 2.24) is 10.2 Å². The minimum Gasteiger partial charge on any atom is -0.483 e. The summed E-state index contributed by atoms with van der Waals surface area (Å²) in [5, 5.41) is 2.99. The largest absolute Gasteiger partial charge is 0.483 e. The van der Waals surface area contributed by atoms with Gasteiger partial charge in [0, 0.05) is 24.0 Å². The number of nitrogens with zero attached hydrogens (tertiary/aromatic N) is 1. The molecule has 5 nitrogen and oxygen atoms in total. The van der Waals surface area contributed by atoms with Gasteiger partial charge in [0.15, 0.2) is 6.61 Å². The van der Waals surface area contributed by atoms with E-state index >= 15 is 0 Å².